The van der Waals surface area contributed by atoms with Gasteiger partial charge in [0.15, 0.2) is 0 Å². The number of rotatable bonds is 4. The lowest BCUT2D eigenvalue weighted by atomic mass is 10.2. The molecule has 0 aliphatic heterocycles. The van der Waals surface area contributed by atoms with Crippen LogP contribution in [-0.4, -0.2) is 9.78 Å². The Kier molecular flexibility index (Phi) is 3.88. The fraction of sp³-hybridized carbons (Fsp3) is 0.0625. The average Bonchev–Trinajstić information content (AvgIpc) is 3.03. The molecule has 0 radical (unpaired) electrons. The summed E-state index contributed by atoms with van der Waals surface area (Å²) >= 11 is 5.79. The Morgan fingerprint density at radius 3 is 2.76 bits per heavy atom. The van der Waals surface area contributed by atoms with Gasteiger partial charge in [-0.15, -0.1) is 0 Å². The van der Waals surface area contributed by atoms with Gasteiger partial charge in [-0.05, 0) is 24.3 Å². The minimum Gasteiger partial charge on any atom is -0.379 e. The fourth-order valence-electron chi connectivity index (χ4n) is 2.11. The summed E-state index contributed by atoms with van der Waals surface area (Å²) in [5.41, 5.74) is 2.31. The van der Waals surface area contributed by atoms with Crippen LogP contribution in [0.15, 0.2) is 60.9 Å². The van der Waals surface area contributed by atoms with E-state index in [2.05, 4.69) is 10.4 Å². The summed E-state index contributed by atoms with van der Waals surface area (Å²) in [7, 11) is 0. The first-order valence-corrected chi connectivity index (χ1v) is 6.89. The van der Waals surface area contributed by atoms with Crippen LogP contribution in [0.25, 0.3) is 5.69 Å². The zero-order valence-electron chi connectivity index (χ0n) is 11.1. The zero-order valence-corrected chi connectivity index (χ0v) is 11.9. The maximum atomic E-state index is 13.9. The van der Waals surface area contributed by atoms with Crippen LogP contribution in [0.2, 0.25) is 5.02 Å². The van der Waals surface area contributed by atoms with E-state index in [1.165, 1.54) is 6.07 Å². The highest BCUT2D eigenvalue weighted by Crippen LogP contribution is 2.22. The molecule has 1 aromatic heterocycles. The third-order valence-corrected chi connectivity index (χ3v) is 3.45. The summed E-state index contributed by atoms with van der Waals surface area (Å²) in [6.07, 6.45) is 3.58. The summed E-state index contributed by atoms with van der Waals surface area (Å²) < 4.78 is 15.6. The van der Waals surface area contributed by atoms with Crippen LogP contribution in [0.1, 0.15) is 5.56 Å². The first-order valence-electron chi connectivity index (χ1n) is 6.51. The normalized spacial score (nSPS) is 10.6. The molecule has 0 unspecified atom stereocenters. The number of anilines is 1. The Morgan fingerprint density at radius 2 is 1.95 bits per heavy atom. The summed E-state index contributed by atoms with van der Waals surface area (Å²) in [5, 5.41) is 7.58. The maximum Gasteiger partial charge on any atom is 0.146 e. The smallest absolute Gasteiger partial charge is 0.146 e. The highest BCUT2D eigenvalue weighted by Gasteiger charge is 2.08. The van der Waals surface area contributed by atoms with Crippen molar-refractivity contribution in [1.82, 2.24) is 9.78 Å². The molecular formula is C16H13ClFN3. The Hall–Kier alpha value is -2.33. The molecule has 3 aromatic rings. The van der Waals surface area contributed by atoms with Crippen LogP contribution in [0, 0.1) is 5.82 Å². The largest absolute Gasteiger partial charge is 0.379 e. The summed E-state index contributed by atoms with van der Waals surface area (Å²) in [5.74, 6) is -0.386. The molecule has 2 aromatic carbocycles. The van der Waals surface area contributed by atoms with Gasteiger partial charge in [-0.3, -0.25) is 0 Å². The van der Waals surface area contributed by atoms with Crippen molar-refractivity contribution in [1.29, 1.82) is 0 Å². The lowest BCUT2D eigenvalue weighted by Gasteiger charge is -2.12. The van der Waals surface area contributed by atoms with E-state index in [9.17, 15) is 4.39 Å². The van der Waals surface area contributed by atoms with Gasteiger partial charge in [0.05, 0.1) is 16.4 Å². The molecule has 0 aliphatic rings. The van der Waals surface area contributed by atoms with E-state index in [-0.39, 0.29) is 10.8 Å². The van der Waals surface area contributed by atoms with Crippen molar-refractivity contribution in [2.24, 2.45) is 0 Å². The Bertz CT molecular complexity index is 741. The van der Waals surface area contributed by atoms with Crippen LogP contribution in [0.3, 0.4) is 0 Å². The Balaban J connectivity index is 1.85. The highest BCUT2D eigenvalue weighted by atomic mass is 35.5. The van der Waals surface area contributed by atoms with Crippen LogP contribution in [0.5, 0.6) is 0 Å². The quantitative estimate of drug-likeness (QED) is 0.779. The second-order valence-electron chi connectivity index (χ2n) is 4.53. The molecule has 0 spiro atoms. The van der Waals surface area contributed by atoms with Crippen molar-refractivity contribution in [3.8, 4) is 5.69 Å². The van der Waals surface area contributed by atoms with Gasteiger partial charge in [0.25, 0.3) is 0 Å². The van der Waals surface area contributed by atoms with Crippen LogP contribution < -0.4 is 5.32 Å². The summed E-state index contributed by atoms with van der Waals surface area (Å²) in [6.45, 7) is 0.352. The average molecular weight is 302 g/mol. The van der Waals surface area contributed by atoms with Crippen LogP contribution >= 0.6 is 11.6 Å². The molecule has 0 bridgehead atoms. The fourth-order valence-corrected chi connectivity index (χ4v) is 2.30. The SMILES string of the molecule is Fc1c(Cl)cccc1CNc1ccccc1-n1cccn1. The van der Waals surface area contributed by atoms with Gasteiger partial charge in [-0.1, -0.05) is 35.9 Å². The summed E-state index contributed by atoms with van der Waals surface area (Å²) in [4.78, 5) is 0. The summed E-state index contributed by atoms with van der Waals surface area (Å²) in [6, 6.07) is 14.6. The minimum atomic E-state index is -0.386. The molecule has 1 heterocycles. The lowest BCUT2D eigenvalue weighted by Crippen LogP contribution is -2.06. The molecule has 0 aliphatic carbocycles. The topological polar surface area (TPSA) is 29.9 Å². The third-order valence-electron chi connectivity index (χ3n) is 3.16. The number of para-hydroxylation sites is 2. The van der Waals surface area contributed by atoms with Gasteiger partial charge >= 0.3 is 0 Å². The van der Waals surface area contributed by atoms with Crippen LogP contribution in [0.4, 0.5) is 10.1 Å². The van der Waals surface area contributed by atoms with E-state index < -0.39 is 0 Å². The second-order valence-corrected chi connectivity index (χ2v) is 4.94. The van der Waals surface area contributed by atoms with E-state index in [4.69, 9.17) is 11.6 Å². The molecule has 5 heteroatoms. The van der Waals surface area contributed by atoms with Crippen molar-refractivity contribution < 1.29 is 4.39 Å². The third kappa shape index (κ3) is 2.90. The number of nitrogens with zero attached hydrogens (tertiary/aromatic N) is 2. The Labute approximate surface area is 127 Å². The van der Waals surface area contributed by atoms with Crippen molar-refractivity contribution in [3.63, 3.8) is 0 Å². The molecule has 0 saturated carbocycles. The molecule has 1 N–H and O–H groups in total. The van der Waals surface area contributed by atoms with Gasteiger partial charge in [0.2, 0.25) is 0 Å². The number of halogens is 2. The van der Waals surface area contributed by atoms with Crippen molar-refractivity contribution in [3.05, 3.63) is 77.3 Å². The number of hydrogen-bond donors (Lipinski definition) is 1. The van der Waals surface area contributed by atoms with Crippen molar-refractivity contribution >= 4 is 17.3 Å². The molecule has 3 rings (SSSR count). The monoisotopic (exact) mass is 301 g/mol. The first kappa shape index (κ1) is 13.6. The van der Waals surface area contributed by atoms with E-state index in [1.807, 2.05) is 36.5 Å². The molecule has 0 atom stereocenters. The number of aromatic nitrogens is 2. The molecule has 21 heavy (non-hydrogen) atoms. The van der Waals surface area contributed by atoms with Gasteiger partial charge in [0, 0.05) is 24.5 Å². The van der Waals surface area contributed by atoms with Gasteiger partial charge in [-0.2, -0.15) is 5.10 Å². The van der Waals surface area contributed by atoms with E-state index in [1.54, 1.807) is 23.0 Å². The standard InChI is InChI=1S/C16H13ClFN3/c17-13-6-3-5-12(16(13)18)11-19-14-7-1-2-8-15(14)21-10-4-9-20-21/h1-10,19H,11H2. The molecule has 0 amide bonds. The van der Waals surface area contributed by atoms with E-state index >= 15 is 0 Å². The predicted molar refractivity (Wildman–Crippen MR) is 82.3 cm³/mol. The van der Waals surface area contributed by atoms with Crippen molar-refractivity contribution in [2.75, 3.05) is 5.32 Å². The molecule has 0 fully saturated rings. The molecule has 106 valence electrons. The number of benzene rings is 2. The lowest BCUT2D eigenvalue weighted by molar-refractivity contribution is 0.613. The maximum absolute atomic E-state index is 13.9. The number of hydrogen-bond acceptors (Lipinski definition) is 2. The molecular weight excluding hydrogens is 289 g/mol. The first-order chi connectivity index (χ1) is 10.3. The zero-order chi connectivity index (χ0) is 14.7. The second kappa shape index (κ2) is 5.97. The van der Waals surface area contributed by atoms with E-state index in [0.717, 1.165) is 11.4 Å². The predicted octanol–water partition coefficient (Wildman–Crippen LogP) is 4.28. The Morgan fingerprint density at radius 1 is 1.10 bits per heavy atom. The van der Waals surface area contributed by atoms with Gasteiger partial charge in [-0.25, -0.2) is 9.07 Å². The van der Waals surface area contributed by atoms with Crippen LogP contribution in [-0.2, 0) is 6.54 Å². The number of nitrogens with one attached hydrogen (secondary N) is 1. The molecule has 3 nitrogen and oxygen atoms in total. The van der Waals surface area contributed by atoms with Crippen molar-refractivity contribution in [2.45, 2.75) is 6.54 Å². The van der Waals surface area contributed by atoms with Gasteiger partial charge < -0.3 is 5.32 Å². The highest BCUT2D eigenvalue weighted by molar-refractivity contribution is 6.30. The van der Waals surface area contributed by atoms with Gasteiger partial charge in [0.1, 0.15) is 5.82 Å². The minimum absolute atomic E-state index is 0.134. The molecule has 0 saturated heterocycles. The van der Waals surface area contributed by atoms with E-state index in [0.29, 0.717) is 12.1 Å².